The molecule has 0 fully saturated rings. The van der Waals surface area contributed by atoms with Crippen molar-refractivity contribution in [3.63, 3.8) is 0 Å². The standard InChI is InChI=1S/C8H12N4S.CH4/c1-7-8(13-6-10-7)4-2-3-5-11-12-9;/h6H,2-5H2,1H3;1H4. The highest BCUT2D eigenvalue weighted by atomic mass is 32.1. The minimum absolute atomic E-state index is 0. The second kappa shape index (κ2) is 7.35. The Bertz CT molecular complexity index is 302. The van der Waals surface area contributed by atoms with Gasteiger partial charge < -0.3 is 0 Å². The summed E-state index contributed by atoms with van der Waals surface area (Å²) in [5.41, 5.74) is 11.1. The van der Waals surface area contributed by atoms with Crippen LogP contribution in [0.4, 0.5) is 0 Å². The molecule has 1 aromatic rings. The summed E-state index contributed by atoms with van der Waals surface area (Å²) in [5, 5.41) is 3.48. The Balaban J connectivity index is 0.00000169. The third-order valence-electron chi connectivity index (χ3n) is 1.82. The molecule has 0 aliphatic heterocycles. The van der Waals surface area contributed by atoms with E-state index in [4.69, 9.17) is 5.53 Å². The molecule has 0 unspecified atom stereocenters. The maximum atomic E-state index is 8.04. The molecule has 0 N–H and O–H groups in total. The average molecular weight is 212 g/mol. The predicted octanol–water partition coefficient (Wildman–Crippen LogP) is 3.72. The monoisotopic (exact) mass is 212 g/mol. The van der Waals surface area contributed by atoms with Gasteiger partial charge in [-0.05, 0) is 31.7 Å². The molecule has 5 heteroatoms. The Morgan fingerprint density at radius 1 is 1.57 bits per heavy atom. The van der Waals surface area contributed by atoms with Gasteiger partial charge in [-0.2, -0.15) is 0 Å². The van der Waals surface area contributed by atoms with Crippen LogP contribution in [0.25, 0.3) is 10.4 Å². The SMILES string of the molecule is C.Cc1ncsc1CCCCN=[N+]=[N-]. The molecule has 0 aromatic carbocycles. The van der Waals surface area contributed by atoms with Crippen molar-refractivity contribution in [3.8, 4) is 0 Å². The Morgan fingerprint density at radius 2 is 2.36 bits per heavy atom. The lowest BCUT2D eigenvalue weighted by molar-refractivity contribution is 0.745. The summed E-state index contributed by atoms with van der Waals surface area (Å²) in [4.78, 5) is 8.22. The molecular formula is C9H16N4S. The first kappa shape index (κ1) is 12.9. The maximum Gasteiger partial charge on any atom is 0.0797 e. The van der Waals surface area contributed by atoms with Crippen molar-refractivity contribution in [3.05, 3.63) is 26.5 Å². The molecule has 4 nitrogen and oxygen atoms in total. The van der Waals surface area contributed by atoms with Gasteiger partial charge in [-0.1, -0.05) is 12.5 Å². The summed E-state index contributed by atoms with van der Waals surface area (Å²) in [6.07, 6.45) is 3.08. The zero-order chi connectivity index (χ0) is 9.52. The zero-order valence-electron chi connectivity index (χ0n) is 7.60. The van der Waals surface area contributed by atoms with E-state index in [9.17, 15) is 0 Å². The van der Waals surface area contributed by atoms with E-state index in [0.717, 1.165) is 25.0 Å². The number of unbranched alkanes of at least 4 members (excludes halogenated alkanes) is 1. The largest absolute Gasteiger partial charge is 0.250 e. The van der Waals surface area contributed by atoms with Gasteiger partial charge in [0.15, 0.2) is 0 Å². The number of rotatable bonds is 5. The van der Waals surface area contributed by atoms with Crippen molar-refractivity contribution in [2.24, 2.45) is 5.11 Å². The number of aryl methyl sites for hydroxylation is 2. The third kappa shape index (κ3) is 4.25. The van der Waals surface area contributed by atoms with E-state index in [1.807, 2.05) is 12.4 Å². The molecule has 0 aliphatic rings. The lowest BCUT2D eigenvalue weighted by Crippen LogP contribution is -1.87. The van der Waals surface area contributed by atoms with Crippen molar-refractivity contribution in [1.82, 2.24) is 4.98 Å². The van der Waals surface area contributed by atoms with E-state index in [1.165, 1.54) is 4.88 Å². The van der Waals surface area contributed by atoms with Crippen molar-refractivity contribution < 1.29 is 0 Å². The molecule has 0 spiro atoms. The van der Waals surface area contributed by atoms with E-state index in [1.54, 1.807) is 11.3 Å². The minimum atomic E-state index is 0. The Hall–Kier alpha value is -1.06. The first-order chi connectivity index (χ1) is 6.34. The van der Waals surface area contributed by atoms with Gasteiger partial charge in [0, 0.05) is 16.3 Å². The van der Waals surface area contributed by atoms with Gasteiger partial charge in [-0.3, -0.25) is 0 Å². The summed E-state index contributed by atoms with van der Waals surface area (Å²) in [6, 6.07) is 0. The van der Waals surface area contributed by atoms with Crippen LogP contribution in [-0.2, 0) is 6.42 Å². The molecule has 0 amide bonds. The van der Waals surface area contributed by atoms with E-state index in [-0.39, 0.29) is 7.43 Å². The van der Waals surface area contributed by atoms with Crippen LogP contribution in [-0.4, -0.2) is 11.5 Å². The molecule has 14 heavy (non-hydrogen) atoms. The van der Waals surface area contributed by atoms with Gasteiger partial charge >= 0.3 is 0 Å². The minimum Gasteiger partial charge on any atom is -0.250 e. The van der Waals surface area contributed by atoms with Crippen molar-refractivity contribution >= 4 is 11.3 Å². The van der Waals surface area contributed by atoms with Crippen LogP contribution in [0, 0.1) is 6.92 Å². The molecule has 0 saturated carbocycles. The number of thiazole rings is 1. The van der Waals surface area contributed by atoms with Crippen LogP contribution >= 0.6 is 11.3 Å². The average Bonchev–Trinajstić information content (AvgIpc) is 2.52. The van der Waals surface area contributed by atoms with E-state index >= 15 is 0 Å². The smallest absolute Gasteiger partial charge is 0.0797 e. The molecule has 78 valence electrons. The van der Waals surface area contributed by atoms with Crippen molar-refractivity contribution in [2.45, 2.75) is 33.6 Å². The molecule has 0 radical (unpaired) electrons. The highest BCUT2D eigenvalue weighted by Gasteiger charge is 1.99. The Morgan fingerprint density at radius 3 is 2.93 bits per heavy atom. The van der Waals surface area contributed by atoms with Crippen molar-refractivity contribution in [2.75, 3.05) is 6.54 Å². The molecule has 0 bridgehead atoms. The number of nitrogens with zero attached hydrogens (tertiary/aromatic N) is 4. The van der Waals surface area contributed by atoms with Crippen LogP contribution in [0.1, 0.15) is 30.8 Å². The molecule has 0 aliphatic carbocycles. The van der Waals surface area contributed by atoms with Gasteiger partial charge in [0.1, 0.15) is 0 Å². The van der Waals surface area contributed by atoms with E-state index in [0.29, 0.717) is 6.54 Å². The highest BCUT2D eigenvalue weighted by Crippen LogP contribution is 2.14. The van der Waals surface area contributed by atoms with E-state index < -0.39 is 0 Å². The molecule has 1 heterocycles. The summed E-state index contributed by atoms with van der Waals surface area (Å²) in [5.74, 6) is 0. The summed E-state index contributed by atoms with van der Waals surface area (Å²) >= 11 is 1.70. The summed E-state index contributed by atoms with van der Waals surface area (Å²) in [7, 11) is 0. The summed E-state index contributed by atoms with van der Waals surface area (Å²) < 4.78 is 0. The van der Waals surface area contributed by atoms with Crippen LogP contribution in [0.2, 0.25) is 0 Å². The van der Waals surface area contributed by atoms with Gasteiger partial charge in [-0.25, -0.2) is 4.98 Å². The molecule has 0 atom stereocenters. The number of hydrogen-bond acceptors (Lipinski definition) is 3. The fraction of sp³-hybridized carbons (Fsp3) is 0.667. The quantitative estimate of drug-likeness (QED) is 0.317. The number of aromatic nitrogens is 1. The van der Waals surface area contributed by atoms with Crippen LogP contribution in [0.3, 0.4) is 0 Å². The number of hydrogen-bond donors (Lipinski definition) is 0. The highest BCUT2D eigenvalue weighted by molar-refractivity contribution is 7.09. The summed E-state index contributed by atoms with van der Waals surface area (Å²) in [6.45, 7) is 2.63. The van der Waals surface area contributed by atoms with E-state index in [2.05, 4.69) is 15.0 Å². The number of azide groups is 1. The predicted molar refractivity (Wildman–Crippen MR) is 60.5 cm³/mol. The lowest BCUT2D eigenvalue weighted by atomic mass is 10.2. The first-order valence-corrected chi connectivity index (χ1v) is 5.12. The van der Waals surface area contributed by atoms with Gasteiger partial charge in [0.2, 0.25) is 0 Å². The van der Waals surface area contributed by atoms with Crippen LogP contribution in [0.5, 0.6) is 0 Å². The second-order valence-electron chi connectivity index (χ2n) is 2.77. The first-order valence-electron chi connectivity index (χ1n) is 4.24. The van der Waals surface area contributed by atoms with Crippen LogP contribution in [0.15, 0.2) is 10.6 Å². The van der Waals surface area contributed by atoms with Crippen LogP contribution < -0.4 is 0 Å². The Labute approximate surface area is 88.6 Å². The fourth-order valence-corrected chi connectivity index (χ4v) is 1.90. The molecule has 0 saturated heterocycles. The molecule has 1 aromatic heterocycles. The van der Waals surface area contributed by atoms with Gasteiger partial charge in [-0.15, -0.1) is 11.3 Å². The normalized spacial score (nSPS) is 8.93. The van der Waals surface area contributed by atoms with Crippen molar-refractivity contribution in [1.29, 1.82) is 0 Å². The lowest BCUT2D eigenvalue weighted by Gasteiger charge is -1.96. The maximum absolute atomic E-state index is 8.04. The topological polar surface area (TPSA) is 61.7 Å². The Kier molecular flexibility index (Phi) is 6.80. The molecule has 1 rings (SSSR count). The van der Waals surface area contributed by atoms with Gasteiger partial charge in [0.25, 0.3) is 0 Å². The zero-order valence-corrected chi connectivity index (χ0v) is 8.42. The molecular weight excluding hydrogens is 196 g/mol. The third-order valence-corrected chi connectivity index (χ3v) is 2.81. The second-order valence-corrected chi connectivity index (χ2v) is 3.71. The van der Waals surface area contributed by atoms with Gasteiger partial charge in [0.05, 0.1) is 11.2 Å². The fourth-order valence-electron chi connectivity index (χ4n) is 1.08.